The standard InChI is InChI=1S/C21H18ClN3O3S/c1-27-17-8-3-12(9-18(17)28-2)15-11-29-21(24-15)19-16(26)10-25(20(19)23)14-6-4-13(22)5-7-14/h3-9,11,23,26H,10H2,1-2H3. The van der Waals surface area contributed by atoms with Gasteiger partial charge in [0.2, 0.25) is 0 Å². The van der Waals surface area contributed by atoms with Crippen molar-refractivity contribution in [1.29, 1.82) is 5.41 Å². The topological polar surface area (TPSA) is 78.7 Å². The molecule has 0 bridgehead atoms. The summed E-state index contributed by atoms with van der Waals surface area (Å²) in [6, 6.07) is 12.7. The molecule has 0 unspecified atom stereocenters. The average Bonchev–Trinajstić information content (AvgIpc) is 3.32. The minimum atomic E-state index is 0.123. The number of aliphatic hydroxyl groups is 1. The molecule has 0 radical (unpaired) electrons. The molecule has 0 saturated heterocycles. The highest BCUT2D eigenvalue weighted by Gasteiger charge is 2.31. The number of methoxy groups -OCH3 is 2. The number of aliphatic hydroxyl groups excluding tert-OH is 1. The maximum Gasteiger partial charge on any atom is 0.161 e. The van der Waals surface area contributed by atoms with Crippen LogP contribution in [0.3, 0.4) is 0 Å². The lowest BCUT2D eigenvalue weighted by molar-refractivity contribution is 0.355. The van der Waals surface area contributed by atoms with Gasteiger partial charge in [-0.1, -0.05) is 11.6 Å². The molecular formula is C21H18ClN3O3S. The molecular weight excluding hydrogens is 410 g/mol. The van der Waals surface area contributed by atoms with Crippen LogP contribution in [-0.4, -0.2) is 36.7 Å². The van der Waals surface area contributed by atoms with Crippen molar-refractivity contribution in [2.75, 3.05) is 25.7 Å². The van der Waals surface area contributed by atoms with Crippen LogP contribution in [0.4, 0.5) is 5.69 Å². The molecule has 0 spiro atoms. The highest BCUT2D eigenvalue weighted by atomic mass is 35.5. The lowest BCUT2D eigenvalue weighted by Gasteiger charge is -2.18. The third-order valence-electron chi connectivity index (χ3n) is 4.64. The number of amidine groups is 1. The zero-order valence-corrected chi connectivity index (χ0v) is 17.3. The van der Waals surface area contributed by atoms with Gasteiger partial charge in [-0.3, -0.25) is 5.41 Å². The predicted octanol–water partition coefficient (Wildman–Crippen LogP) is 5.25. The van der Waals surface area contributed by atoms with E-state index in [0.717, 1.165) is 16.9 Å². The van der Waals surface area contributed by atoms with Gasteiger partial charge in [-0.15, -0.1) is 11.3 Å². The number of nitrogens with zero attached hydrogens (tertiary/aromatic N) is 2. The number of halogens is 1. The Bertz CT molecular complexity index is 1110. The zero-order chi connectivity index (χ0) is 20.5. The third-order valence-corrected chi connectivity index (χ3v) is 5.75. The van der Waals surface area contributed by atoms with Gasteiger partial charge in [-0.25, -0.2) is 4.98 Å². The van der Waals surface area contributed by atoms with Gasteiger partial charge < -0.3 is 19.5 Å². The fourth-order valence-electron chi connectivity index (χ4n) is 3.16. The molecule has 1 aliphatic heterocycles. The molecule has 148 valence electrons. The van der Waals surface area contributed by atoms with Crippen molar-refractivity contribution < 1.29 is 14.6 Å². The fourth-order valence-corrected chi connectivity index (χ4v) is 4.18. The summed E-state index contributed by atoms with van der Waals surface area (Å²) >= 11 is 7.34. The van der Waals surface area contributed by atoms with Gasteiger partial charge in [0.25, 0.3) is 0 Å². The van der Waals surface area contributed by atoms with Crippen LogP contribution in [-0.2, 0) is 0 Å². The number of hydrogen-bond acceptors (Lipinski definition) is 6. The van der Waals surface area contributed by atoms with Gasteiger partial charge in [0, 0.05) is 21.7 Å². The summed E-state index contributed by atoms with van der Waals surface area (Å²) in [5.41, 5.74) is 2.84. The number of aromatic nitrogens is 1. The molecule has 2 aromatic carbocycles. The molecule has 2 heterocycles. The van der Waals surface area contributed by atoms with Gasteiger partial charge in [0.05, 0.1) is 32.0 Å². The van der Waals surface area contributed by atoms with Gasteiger partial charge in [-0.2, -0.15) is 0 Å². The van der Waals surface area contributed by atoms with E-state index in [4.69, 9.17) is 26.5 Å². The van der Waals surface area contributed by atoms with Crippen molar-refractivity contribution in [2.45, 2.75) is 0 Å². The minimum Gasteiger partial charge on any atom is -0.510 e. The highest BCUT2D eigenvalue weighted by Crippen LogP contribution is 2.36. The molecule has 1 aliphatic rings. The first-order valence-electron chi connectivity index (χ1n) is 8.74. The number of anilines is 1. The maximum absolute atomic E-state index is 10.5. The Morgan fingerprint density at radius 1 is 1.10 bits per heavy atom. The van der Waals surface area contributed by atoms with Crippen LogP contribution in [0, 0.1) is 5.41 Å². The monoisotopic (exact) mass is 427 g/mol. The minimum absolute atomic E-state index is 0.123. The number of rotatable bonds is 5. The molecule has 0 saturated carbocycles. The summed E-state index contributed by atoms with van der Waals surface area (Å²) in [6.45, 7) is 0.223. The van der Waals surface area contributed by atoms with Crippen molar-refractivity contribution in [3.8, 4) is 22.8 Å². The highest BCUT2D eigenvalue weighted by molar-refractivity contribution is 7.11. The van der Waals surface area contributed by atoms with E-state index in [0.29, 0.717) is 27.1 Å². The lowest BCUT2D eigenvalue weighted by atomic mass is 10.1. The molecule has 6 nitrogen and oxygen atoms in total. The number of nitrogens with one attached hydrogen (secondary N) is 1. The number of ether oxygens (including phenoxy) is 2. The van der Waals surface area contributed by atoms with E-state index < -0.39 is 0 Å². The van der Waals surface area contributed by atoms with Crippen molar-refractivity contribution in [2.24, 2.45) is 0 Å². The van der Waals surface area contributed by atoms with Crippen LogP contribution >= 0.6 is 22.9 Å². The number of hydrogen-bond donors (Lipinski definition) is 2. The molecule has 0 fully saturated rings. The Hall–Kier alpha value is -3.03. The average molecular weight is 428 g/mol. The molecule has 3 aromatic rings. The van der Waals surface area contributed by atoms with E-state index in [-0.39, 0.29) is 18.1 Å². The van der Waals surface area contributed by atoms with Gasteiger partial charge in [-0.05, 0) is 42.5 Å². The second-order valence-electron chi connectivity index (χ2n) is 6.34. The zero-order valence-electron chi connectivity index (χ0n) is 15.8. The van der Waals surface area contributed by atoms with E-state index in [2.05, 4.69) is 4.98 Å². The molecule has 4 rings (SSSR count). The van der Waals surface area contributed by atoms with Crippen LogP contribution in [0.15, 0.2) is 53.6 Å². The maximum atomic E-state index is 10.5. The predicted molar refractivity (Wildman–Crippen MR) is 117 cm³/mol. The Kier molecular flexibility index (Phi) is 5.17. The Morgan fingerprint density at radius 3 is 2.52 bits per heavy atom. The summed E-state index contributed by atoms with van der Waals surface area (Å²) in [5, 5.41) is 22.2. The van der Waals surface area contributed by atoms with Crippen molar-refractivity contribution in [3.63, 3.8) is 0 Å². The smallest absolute Gasteiger partial charge is 0.161 e. The molecule has 8 heteroatoms. The first-order chi connectivity index (χ1) is 14.0. The second kappa shape index (κ2) is 7.77. The molecule has 1 aromatic heterocycles. The third kappa shape index (κ3) is 3.54. The second-order valence-corrected chi connectivity index (χ2v) is 7.64. The molecule has 29 heavy (non-hydrogen) atoms. The van der Waals surface area contributed by atoms with E-state index >= 15 is 0 Å². The van der Waals surface area contributed by atoms with Crippen molar-refractivity contribution in [3.05, 3.63) is 63.6 Å². The first-order valence-corrected chi connectivity index (χ1v) is 10.00. The molecule has 2 N–H and O–H groups in total. The van der Waals surface area contributed by atoms with Gasteiger partial charge in [0.15, 0.2) is 11.5 Å². The van der Waals surface area contributed by atoms with Crippen molar-refractivity contribution in [1.82, 2.24) is 4.98 Å². The first kappa shape index (κ1) is 19.3. The fraction of sp³-hybridized carbons (Fsp3) is 0.143. The SMILES string of the molecule is COc1ccc(-c2csc(C3=C(O)CN(c4ccc(Cl)cc4)C3=N)n2)cc1OC. The van der Waals surface area contributed by atoms with E-state index in [1.807, 2.05) is 35.7 Å². The summed E-state index contributed by atoms with van der Waals surface area (Å²) in [5.74, 6) is 1.59. The molecule has 0 aliphatic carbocycles. The lowest BCUT2D eigenvalue weighted by Crippen LogP contribution is -2.25. The summed E-state index contributed by atoms with van der Waals surface area (Å²) < 4.78 is 10.6. The van der Waals surface area contributed by atoms with Crippen LogP contribution in [0.1, 0.15) is 5.01 Å². The number of thiazole rings is 1. The van der Waals surface area contributed by atoms with Crippen LogP contribution in [0.2, 0.25) is 5.02 Å². The van der Waals surface area contributed by atoms with Crippen LogP contribution in [0.5, 0.6) is 11.5 Å². The van der Waals surface area contributed by atoms with Crippen LogP contribution < -0.4 is 14.4 Å². The van der Waals surface area contributed by atoms with E-state index in [1.54, 1.807) is 31.3 Å². The van der Waals surface area contributed by atoms with E-state index in [9.17, 15) is 5.11 Å². The molecule has 0 atom stereocenters. The summed E-state index contributed by atoms with van der Waals surface area (Å²) in [7, 11) is 3.17. The summed E-state index contributed by atoms with van der Waals surface area (Å²) in [6.07, 6.45) is 0. The van der Waals surface area contributed by atoms with Gasteiger partial charge in [0.1, 0.15) is 16.6 Å². The van der Waals surface area contributed by atoms with Crippen LogP contribution in [0.25, 0.3) is 16.8 Å². The Morgan fingerprint density at radius 2 is 1.83 bits per heavy atom. The van der Waals surface area contributed by atoms with Crippen molar-refractivity contribution >= 4 is 40.0 Å². The van der Waals surface area contributed by atoms with E-state index in [1.165, 1.54) is 11.3 Å². The normalized spacial score (nSPS) is 13.9. The number of benzene rings is 2. The van der Waals surface area contributed by atoms with Gasteiger partial charge >= 0.3 is 0 Å². The Labute approximate surface area is 177 Å². The molecule has 0 amide bonds. The Balaban J connectivity index is 1.63. The summed E-state index contributed by atoms with van der Waals surface area (Å²) in [4.78, 5) is 6.37. The largest absolute Gasteiger partial charge is 0.510 e. The quantitative estimate of drug-likeness (QED) is 0.581.